The normalized spacial score (nSPS) is 10.1. The van der Waals surface area contributed by atoms with Gasteiger partial charge in [-0.05, 0) is 12.1 Å². The van der Waals surface area contributed by atoms with E-state index in [1.54, 1.807) is 12.3 Å². The first-order valence-corrected chi connectivity index (χ1v) is 5.31. The number of carbonyl (C=O) groups is 1. The van der Waals surface area contributed by atoms with Gasteiger partial charge in [0.15, 0.2) is 0 Å². The molecule has 19 heavy (non-hydrogen) atoms. The van der Waals surface area contributed by atoms with Crippen molar-refractivity contribution in [3.63, 3.8) is 0 Å². The minimum Gasteiger partial charge on any atom is -0.506 e. The van der Waals surface area contributed by atoms with Crippen molar-refractivity contribution in [2.75, 3.05) is 5.32 Å². The van der Waals surface area contributed by atoms with E-state index in [0.717, 1.165) is 6.07 Å². The molecule has 0 aliphatic rings. The Morgan fingerprint density at radius 3 is 2.89 bits per heavy atom. The summed E-state index contributed by atoms with van der Waals surface area (Å²) in [5.74, 6) is -0.754. The topological polar surface area (TPSA) is 110 Å². The van der Waals surface area contributed by atoms with Crippen LogP contribution in [0.4, 0.5) is 11.4 Å². The summed E-state index contributed by atoms with van der Waals surface area (Å²) in [6.07, 6.45) is 3.16. The highest BCUT2D eigenvalue weighted by molar-refractivity contribution is 5.92. The molecular formula is C11H10N4O4. The molecule has 2 rings (SSSR count). The van der Waals surface area contributed by atoms with Crippen LogP contribution < -0.4 is 5.32 Å². The molecular weight excluding hydrogens is 252 g/mol. The van der Waals surface area contributed by atoms with E-state index in [2.05, 4.69) is 10.4 Å². The molecule has 0 aliphatic carbocycles. The van der Waals surface area contributed by atoms with Gasteiger partial charge < -0.3 is 10.4 Å². The molecule has 98 valence electrons. The molecule has 0 spiro atoms. The number of nitrogens with one attached hydrogen (secondary N) is 1. The summed E-state index contributed by atoms with van der Waals surface area (Å²) in [6, 6.07) is 5.12. The summed E-state index contributed by atoms with van der Waals surface area (Å²) >= 11 is 0. The second-order valence-corrected chi connectivity index (χ2v) is 3.71. The van der Waals surface area contributed by atoms with Gasteiger partial charge in [0.2, 0.25) is 5.91 Å². The lowest BCUT2D eigenvalue weighted by Gasteiger charge is -2.07. The Hall–Kier alpha value is -2.90. The summed E-state index contributed by atoms with van der Waals surface area (Å²) in [5, 5.41) is 26.4. The highest BCUT2D eigenvalue weighted by Crippen LogP contribution is 2.27. The number of hydrogen-bond donors (Lipinski definition) is 2. The van der Waals surface area contributed by atoms with Gasteiger partial charge in [0.05, 0.1) is 16.7 Å². The first-order valence-electron chi connectivity index (χ1n) is 5.31. The van der Waals surface area contributed by atoms with Gasteiger partial charge in [0.1, 0.15) is 12.3 Å². The third-order valence-corrected chi connectivity index (χ3v) is 2.33. The van der Waals surface area contributed by atoms with Gasteiger partial charge in [-0.15, -0.1) is 0 Å². The fourth-order valence-corrected chi connectivity index (χ4v) is 1.47. The zero-order valence-electron chi connectivity index (χ0n) is 9.68. The van der Waals surface area contributed by atoms with Crippen LogP contribution in [0.2, 0.25) is 0 Å². The monoisotopic (exact) mass is 262 g/mol. The number of aromatic hydroxyl groups is 1. The van der Waals surface area contributed by atoms with E-state index in [9.17, 15) is 20.0 Å². The largest absolute Gasteiger partial charge is 0.506 e. The summed E-state index contributed by atoms with van der Waals surface area (Å²) < 4.78 is 1.41. The van der Waals surface area contributed by atoms with E-state index in [4.69, 9.17) is 0 Å². The molecule has 1 amide bonds. The number of carbonyl (C=O) groups excluding carboxylic acids is 1. The predicted molar refractivity (Wildman–Crippen MR) is 65.6 cm³/mol. The molecule has 2 N–H and O–H groups in total. The second-order valence-electron chi connectivity index (χ2n) is 3.71. The Labute approximate surface area is 107 Å². The fourth-order valence-electron chi connectivity index (χ4n) is 1.47. The number of non-ortho nitro benzene ring substituents is 1. The van der Waals surface area contributed by atoms with Crippen molar-refractivity contribution < 1.29 is 14.8 Å². The molecule has 0 unspecified atom stereocenters. The SMILES string of the molecule is O=C(Cn1cccn1)Nc1ccc([N+](=O)[O-])cc1O. The van der Waals surface area contributed by atoms with Crippen LogP contribution >= 0.6 is 0 Å². The zero-order valence-corrected chi connectivity index (χ0v) is 9.68. The quantitative estimate of drug-likeness (QED) is 0.487. The summed E-state index contributed by atoms with van der Waals surface area (Å²) in [4.78, 5) is 21.5. The Bertz CT molecular complexity index is 609. The Kier molecular flexibility index (Phi) is 3.42. The van der Waals surface area contributed by atoms with E-state index in [1.807, 2.05) is 0 Å². The molecule has 8 nitrogen and oxygen atoms in total. The van der Waals surface area contributed by atoms with Crippen LogP contribution in [0.25, 0.3) is 0 Å². The van der Waals surface area contributed by atoms with Crippen molar-refractivity contribution in [3.05, 3.63) is 46.8 Å². The maximum Gasteiger partial charge on any atom is 0.273 e. The fraction of sp³-hybridized carbons (Fsp3) is 0.0909. The molecule has 1 aromatic carbocycles. The lowest BCUT2D eigenvalue weighted by Crippen LogP contribution is -2.19. The number of anilines is 1. The minimum absolute atomic E-state index is 0.0105. The van der Waals surface area contributed by atoms with Gasteiger partial charge in [0.25, 0.3) is 5.69 Å². The van der Waals surface area contributed by atoms with Crippen molar-refractivity contribution in [3.8, 4) is 5.75 Å². The molecule has 0 saturated heterocycles. The maximum absolute atomic E-state index is 11.6. The third kappa shape index (κ3) is 3.06. The summed E-state index contributed by atoms with van der Waals surface area (Å²) in [5.41, 5.74) is -0.134. The first-order chi connectivity index (χ1) is 9.06. The summed E-state index contributed by atoms with van der Waals surface area (Å²) in [6.45, 7) is -0.0105. The van der Waals surface area contributed by atoms with Crippen LogP contribution in [-0.4, -0.2) is 25.7 Å². The smallest absolute Gasteiger partial charge is 0.273 e. The van der Waals surface area contributed by atoms with Crippen LogP contribution in [0.3, 0.4) is 0 Å². The van der Waals surface area contributed by atoms with E-state index in [1.165, 1.54) is 23.0 Å². The van der Waals surface area contributed by atoms with Gasteiger partial charge in [-0.2, -0.15) is 5.10 Å². The molecule has 1 aromatic heterocycles. The van der Waals surface area contributed by atoms with Gasteiger partial charge >= 0.3 is 0 Å². The summed E-state index contributed by atoms with van der Waals surface area (Å²) in [7, 11) is 0. The molecule has 0 radical (unpaired) electrons. The first kappa shape index (κ1) is 12.6. The molecule has 0 fully saturated rings. The van der Waals surface area contributed by atoms with Crippen molar-refractivity contribution >= 4 is 17.3 Å². The van der Waals surface area contributed by atoms with Crippen LogP contribution in [0.5, 0.6) is 5.75 Å². The molecule has 0 aliphatic heterocycles. The number of nitro benzene ring substituents is 1. The van der Waals surface area contributed by atoms with Crippen LogP contribution in [0.1, 0.15) is 0 Å². The number of hydrogen-bond acceptors (Lipinski definition) is 5. The molecule has 0 atom stereocenters. The Morgan fingerprint density at radius 2 is 2.32 bits per heavy atom. The van der Waals surface area contributed by atoms with Gasteiger partial charge in [-0.3, -0.25) is 19.6 Å². The van der Waals surface area contributed by atoms with Gasteiger partial charge in [-0.25, -0.2) is 0 Å². The number of phenolic OH excluding ortho intramolecular Hbond substituents is 1. The maximum atomic E-state index is 11.6. The molecule has 0 saturated carbocycles. The van der Waals surface area contributed by atoms with Gasteiger partial charge in [0, 0.05) is 18.5 Å². The van der Waals surface area contributed by atoms with E-state index >= 15 is 0 Å². The minimum atomic E-state index is -0.630. The van der Waals surface area contributed by atoms with Crippen molar-refractivity contribution in [2.24, 2.45) is 0 Å². The van der Waals surface area contributed by atoms with Crippen molar-refractivity contribution in [2.45, 2.75) is 6.54 Å². The van der Waals surface area contributed by atoms with Crippen molar-refractivity contribution in [1.82, 2.24) is 9.78 Å². The lowest BCUT2D eigenvalue weighted by molar-refractivity contribution is -0.384. The van der Waals surface area contributed by atoms with E-state index in [-0.39, 0.29) is 23.7 Å². The number of amides is 1. The molecule has 1 heterocycles. The van der Waals surface area contributed by atoms with E-state index in [0.29, 0.717) is 0 Å². The molecule has 0 bridgehead atoms. The molecule has 8 heteroatoms. The average molecular weight is 262 g/mol. The number of nitro groups is 1. The highest BCUT2D eigenvalue weighted by Gasteiger charge is 2.12. The molecule has 2 aromatic rings. The van der Waals surface area contributed by atoms with Crippen LogP contribution in [0.15, 0.2) is 36.7 Å². The van der Waals surface area contributed by atoms with E-state index < -0.39 is 10.8 Å². The van der Waals surface area contributed by atoms with Crippen LogP contribution in [0, 0.1) is 10.1 Å². The standard InChI is InChI=1S/C11H10N4O4/c16-10-6-8(15(18)19)2-3-9(10)13-11(17)7-14-5-1-4-12-14/h1-6,16H,7H2,(H,13,17). The van der Waals surface area contributed by atoms with Gasteiger partial charge in [-0.1, -0.05) is 0 Å². The Morgan fingerprint density at radius 1 is 1.53 bits per heavy atom. The predicted octanol–water partition coefficient (Wildman–Crippen LogP) is 1.14. The number of nitrogens with zero attached hydrogens (tertiary/aromatic N) is 3. The van der Waals surface area contributed by atoms with Crippen molar-refractivity contribution in [1.29, 1.82) is 0 Å². The third-order valence-electron chi connectivity index (χ3n) is 2.33. The zero-order chi connectivity index (χ0) is 13.8. The van der Waals surface area contributed by atoms with Crippen LogP contribution in [-0.2, 0) is 11.3 Å². The highest BCUT2D eigenvalue weighted by atomic mass is 16.6. The Balaban J connectivity index is 2.07. The average Bonchev–Trinajstić information content (AvgIpc) is 2.84. The number of aromatic nitrogens is 2. The number of benzene rings is 1. The lowest BCUT2D eigenvalue weighted by atomic mass is 10.2. The number of phenols is 1. The number of rotatable bonds is 4. The second kappa shape index (κ2) is 5.17.